The number of amides is 1. The number of nitrogens with one attached hydrogen (secondary N) is 1. The Morgan fingerprint density at radius 3 is 2.36 bits per heavy atom. The fourth-order valence-corrected chi connectivity index (χ4v) is 4.07. The van der Waals surface area contributed by atoms with Crippen molar-refractivity contribution in [2.24, 2.45) is 0 Å². The molecule has 4 rings (SSSR count). The second-order valence-corrected chi connectivity index (χ2v) is 8.14. The third-order valence-corrected chi connectivity index (χ3v) is 5.81. The number of carbonyl (C=O) groups is 1. The summed E-state index contributed by atoms with van der Waals surface area (Å²) in [7, 11) is 1.49. The van der Waals surface area contributed by atoms with E-state index in [-0.39, 0.29) is 36.8 Å². The first-order valence-electron chi connectivity index (χ1n) is 11.6. The Morgan fingerprint density at radius 2 is 1.69 bits per heavy atom. The van der Waals surface area contributed by atoms with Crippen molar-refractivity contribution in [3.63, 3.8) is 0 Å². The normalized spacial score (nSPS) is 10.9. The first kappa shape index (κ1) is 24.7. The van der Waals surface area contributed by atoms with Crippen molar-refractivity contribution in [2.45, 2.75) is 20.0 Å². The summed E-state index contributed by atoms with van der Waals surface area (Å²) in [6.45, 7) is 2.54. The molecule has 0 saturated carbocycles. The van der Waals surface area contributed by atoms with E-state index in [2.05, 4.69) is 4.98 Å². The van der Waals surface area contributed by atoms with Gasteiger partial charge in [-0.05, 0) is 35.4 Å². The maximum absolute atomic E-state index is 14.1. The number of rotatable bonds is 9. The largest absolute Gasteiger partial charge is 0.493 e. The minimum Gasteiger partial charge on any atom is -0.493 e. The van der Waals surface area contributed by atoms with Crippen LogP contribution in [0.5, 0.6) is 5.75 Å². The Kier molecular flexibility index (Phi) is 7.50. The maximum atomic E-state index is 14.1. The van der Waals surface area contributed by atoms with Gasteiger partial charge < -0.3 is 15.2 Å². The van der Waals surface area contributed by atoms with Crippen LogP contribution in [0.2, 0.25) is 0 Å². The molecule has 0 aliphatic rings. The zero-order valence-electron chi connectivity index (χ0n) is 20.2. The summed E-state index contributed by atoms with van der Waals surface area (Å²) < 4.78 is 12.1. The molecule has 4 aromatic rings. The molecule has 0 bridgehead atoms. The molecule has 3 N–H and O–H groups in total. The Labute approximate surface area is 207 Å². The van der Waals surface area contributed by atoms with Crippen LogP contribution in [0.15, 0.2) is 76.3 Å². The number of hydrogen-bond acceptors (Lipinski definition) is 6. The Morgan fingerprint density at radius 1 is 1.03 bits per heavy atom. The summed E-state index contributed by atoms with van der Waals surface area (Å²) in [5.41, 5.74) is 5.85. The van der Waals surface area contributed by atoms with Gasteiger partial charge in [-0.2, -0.15) is 0 Å². The zero-order valence-corrected chi connectivity index (χ0v) is 20.2. The van der Waals surface area contributed by atoms with Gasteiger partial charge in [0.25, 0.3) is 11.5 Å². The Balaban J connectivity index is 1.92. The van der Waals surface area contributed by atoms with E-state index in [1.807, 2.05) is 61.5 Å². The van der Waals surface area contributed by atoms with Crippen LogP contribution in [0.4, 0.5) is 11.5 Å². The quantitative estimate of drug-likeness (QED) is 0.374. The van der Waals surface area contributed by atoms with Crippen LogP contribution in [-0.4, -0.2) is 35.8 Å². The topological polar surface area (TPSA) is 120 Å². The van der Waals surface area contributed by atoms with Gasteiger partial charge in [-0.15, -0.1) is 0 Å². The molecule has 0 saturated heterocycles. The molecule has 1 heterocycles. The summed E-state index contributed by atoms with van der Waals surface area (Å²) in [5.74, 6) is -0.215. The van der Waals surface area contributed by atoms with Crippen LogP contribution >= 0.6 is 0 Å². The number of nitrogens with two attached hydrogens (primary N) is 1. The second kappa shape index (κ2) is 10.9. The van der Waals surface area contributed by atoms with Crippen LogP contribution in [0.25, 0.3) is 10.8 Å². The molecule has 0 spiro atoms. The molecule has 36 heavy (non-hydrogen) atoms. The van der Waals surface area contributed by atoms with Crippen molar-refractivity contribution < 1.29 is 14.3 Å². The lowest BCUT2D eigenvalue weighted by Gasteiger charge is -2.26. The summed E-state index contributed by atoms with van der Waals surface area (Å²) in [6.07, 6.45) is 0. The first-order chi connectivity index (χ1) is 17.4. The number of aromatic amines is 1. The average Bonchev–Trinajstić information content (AvgIpc) is 2.88. The molecule has 0 unspecified atom stereocenters. The highest BCUT2D eigenvalue weighted by molar-refractivity contribution is 6.11. The highest BCUT2D eigenvalue weighted by Crippen LogP contribution is 2.30. The fraction of sp³-hybridized carbons (Fsp3) is 0.222. The smallest absolute Gasteiger partial charge is 0.330 e. The van der Waals surface area contributed by atoms with Crippen LogP contribution < -0.4 is 26.6 Å². The lowest BCUT2D eigenvalue weighted by molar-refractivity contribution is 0.0981. The number of anilines is 2. The van der Waals surface area contributed by atoms with E-state index < -0.39 is 17.2 Å². The van der Waals surface area contributed by atoms with Gasteiger partial charge in [0.2, 0.25) is 0 Å². The minimum absolute atomic E-state index is 0.0494. The van der Waals surface area contributed by atoms with Crippen LogP contribution in [0.3, 0.4) is 0 Å². The van der Waals surface area contributed by atoms with Gasteiger partial charge in [-0.3, -0.25) is 24.0 Å². The van der Waals surface area contributed by atoms with E-state index >= 15 is 0 Å². The van der Waals surface area contributed by atoms with E-state index in [0.29, 0.717) is 12.4 Å². The summed E-state index contributed by atoms with van der Waals surface area (Å²) >= 11 is 0. The molecule has 0 radical (unpaired) electrons. The molecule has 9 heteroatoms. The predicted octanol–water partition coefficient (Wildman–Crippen LogP) is 3.16. The molecule has 9 nitrogen and oxygen atoms in total. The summed E-state index contributed by atoms with van der Waals surface area (Å²) in [6, 6.07) is 20.4. The van der Waals surface area contributed by atoms with E-state index in [1.165, 1.54) is 16.6 Å². The van der Waals surface area contributed by atoms with Gasteiger partial charge in [0, 0.05) is 7.11 Å². The number of H-pyrrole nitrogens is 1. The minimum atomic E-state index is -0.755. The van der Waals surface area contributed by atoms with Crippen molar-refractivity contribution in [3.8, 4) is 5.75 Å². The van der Waals surface area contributed by atoms with E-state index in [4.69, 9.17) is 15.2 Å². The zero-order chi connectivity index (χ0) is 25.7. The van der Waals surface area contributed by atoms with Crippen molar-refractivity contribution in [3.05, 3.63) is 98.7 Å². The molecule has 0 aliphatic carbocycles. The number of benzene rings is 3. The predicted molar refractivity (Wildman–Crippen MR) is 140 cm³/mol. The molecule has 3 aromatic carbocycles. The van der Waals surface area contributed by atoms with Gasteiger partial charge in [0.1, 0.15) is 11.6 Å². The van der Waals surface area contributed by atoms with Gasteiger partial charge in [0.15, 0.2) is 5.69 Å². The number of ether oxygens (including phenoxy) is 2. The molecule has 0 atom stereocenters. The SMILES string of the molecule is CCOc1cc2ccccc2cc1C(=O)N(Cc1ccccc1)c1c(N)n(CCOC)c(=O)[nH]c1=O. The van der Waals surface area contributed by atoms with E-state index in [1.54, 1.807) is 12.1 Å². The van der Waals surface area contributed by atoms with Crippen molar-refractivity contribution in [1.29, 1.82) is 0 Å². The maximum Gasteiger partial charge on any atom is 0.330 e. The van der Waals surface area contributed by atoms with Crippen LogP contribution in [0.1, 0.15) is 22.8 Å². The number of methoxy groups -OCH3 is 1. The van der Waals surface area contributed by atoms with Crippen LogP contribution in [0, 0.1) is 0 Å². The lowest BCUT2D eigenvalue weighted by Crippen LogP contribution is -2.41. The molecule has 1 aromatic heterocycles. The van der Waals surface area contributed by atoms with Gasteiger partial charge >= 0.3 is 5.69 Å². The number of nitrogens with zero attached hydrogens (tertiary/aromatic N) is 2. The summed E-state index contributed by atoms with van der Waals surface area (Å²) in [5, 5.41) is 1.76. The van der Waals surface area contributed by atoms with Crippen molar-refractivity contribution >= 4 is 28.2 Å². The van der Waals surface area contributed by atoms with Gasteiger partial charge in [-0.25, -0.2) is 4.79 Å². The highest BCUT2D eigenvalue weighted by atomic mass is 16.5. The van der Waals surface area contributed by atoms with Crippen molar-refractivity contribution in [2.75, 3.05) is 31.0 Å². The van der Waals surface area contributed by atoms with Crippen molar-refractivity contribution in [1.82, 2.24) is 9.55 Å². The molecular formula is C27H28N4O5. The number of aromatic nitrogens is 2. The number of nitrogen functional groups attached to an aromatic ring is 1. The average molecular weight is 489 g/mol. The van der Waals surface area contributed by atoms with E-state index in [9.17, 15) is 14.4 Å². The fourth-order valence-electron chi connectivity index (χ4n) is 4.07. The molecular weight excluding hydrogens is 460 g/mol. The lowest BCUT2D eigenvalue weighted by atomic mass is 10.0. The Bertz CT molecular complexity index is 1490. The third kappa shape index (κ3) is 5.01. The number of hydrogen-bond donors (Lipinski definition) is 2. The third-order valence-electron chi connectivity index (χ3n) is 5.81. The molecule has 0 aliphatic heterocycles. The molecule has 1 amide bonds. The monoisotopic (exact) mass is 488 g/mol. The summed E-state index contributed by atoms with van der Waals surface area (Å²) in [4.78, 5) is 43.3. The Hall–Kier alpha value is -4.37. The van der Waals surface area contributed by atoms with Crippen LogP contribution in [-0.2, 0) is 17.8 Å². The number of fused-ring (bicyclic) bond motifs is 1. The molecule has 186 valence electrons. The van der Waals surface area contributed by atoms with E-state index in [0.717, 1.165) is 16.3 Å². The highest BCUT2D eigenvalue weighted by Gasteiger charge is 2.28. The second-order valence-electron chi connectivity index (χ2n) is 8.14. The first-order valence-corrected chi connectivity index (χ1v) is 11.6. The molecule has 0 fully saturated rings. The number of carbonyl (C=O) groups excluding carboxylic acids is 1. The standard InChI is InChI=1S/C27H28N4O5/c1-3-36-22-16-20-12-8-7-11-19(20)15-21(22)26(33)31(17-18-9-5-4-6-10-18)23-24(28)30(13-14-35-2)27(34)29-25(23)32/h4-12,15-16H,3,13-14,17,28H2,1-2H3,(H,29,32,34). The van der Waals surface area contributed by atoms with Gasteiger partial charge in [-0.1, -0.05) is 54.6 Å². The van der Waals surface area contributed by atoms with Gasteiger partial charge in [0.05, 0.1) is 31.9 Å².